The van der Waals surface area contributed by atoms with Crippen molar-refractivity contribution in [1.29, 1.82) is 5.26 Å². The van der Waals surface area contributed by atoms with Gasteiger partial charge in [-0.2, -0.15) is 5.26 Å². The van der Waals surface area contributed by atoms with Gasteiger partial charge in [-0.25, -0.2) is 0 Å². The maximum Gasteiger partial charge on any atom is 0.0672 e. The average Bonchev–Trinajstić information content (AvgIpc) is 2.84. The summed E-state index contributed by atoms with van der Waals surface area (Å²) in [5.41, 5.74) is 0.516. The summed E-state index contributed by atoms with van der Waals surface area (Å²) in [6.07, 6.45) is 9.05. The van der Waals surface area contributed by atoms with Gasteiger partial charge in [0.15, 0.2) is 0 Å². The molecular formula is C13H22N2. The van der Waals surface area contributed by atoms with Gasteiger partial charge in [-0.3, -0.25) is 0 Å². The standard InChI is InChI=1S/C13H22N2/c1-13(7-2-3-8-13)10-15-12-6-4-5-11(12)9-14/h11-12,15H,2-8,10H2,1H3. The summed E-state index contributed by atoms with van der Waals surface area (Å²) in [5.74, 6) is 0.273. The summed E-state index contributed by atoms with van der Waals surface area (Å²) in [5, 5.41) is 12.6. The summed E-state index contributed by atoms with van der Waals surface area (Å²) in [4.78, 5) is 0. The van der Waals surface area contributed by atoms with Crippen molar-refractivity contribution in [3.05, 3.63) is 0 Å². The van der Waals surface area contributed by atoms with Crippen LogP contribution in [0.5, 0.6) is 0 Å². The molecule has 2 aliphatic rings. The normalized spacial score (nSPS) is 34.1. The first kappa shape index (κ1) is 11.0. The van der Waals surface area contributed by atoms with Gasteiger partial charge in [0.1, 0.15) is 0 Å². The van der Waals surface area contributed by atoms with E-state index in [1.54, 1.807) is 0 Å². The molecule has 1 N–H and O–H groups in total. The zero-order valence-electron chi connectivity index (χ0n) is 9.76. The Bertz CT molecular complexity index is 248. The maximum absolute atomic E-state index is 9.00. The van der Waals surface area contributed by atoms with Crippen molar-refractivity contribution in [2.75, 3.05) is 6.54 Å². The van der Waals surface area contributed by atoms with Crippen LogP contribution in [0.1, 0.15) is 51.9 Å². The first-order valence-electron chi connectivity index (χ1n) is 6.37. The van der Waals surface area contributed by atoms with Crippen molar-refractivity contribution in [2.24, 2.45) is 11.3 Å². The lowest BCUT2D eigenvalue weighted by Crippen LogP contribution is -2.38. The molecule has 2 unspecified atom stereocenters. The van der Waals surface area contributed by atoms with E-state index in [2.05, 4.69) is 18.3 Å². The van der Waals surface area contributed by atoms with E-state index in [4.69, 9.17) is 5.26 Å². The number of hydrogen-bond donors (Lipinski definition) is 1. The molecule has 0 radical (unpaired) electrons. The molecule has 0 heterocycles. The third-order valence-electron chi connectivity index (χ3n) is 4.28. The molecule has 0 aromatic carbocycles. The number of nitriles is 1. The highest BCUT2D eigenvalue weighted by Gasteiger charge is 2.32. The minimum atomic E-state index is 0.273. The Kier molecular flexibility index (Phi) is 3.31. The molecule has 0 spiro atoms. The molecule has 2 aliphatic carbocycles. The van der Waals surface area contributed by atoms with E-state index in [0.717, 1.165) is 13.0 Å². The number of nitrogens with zero attached hydrogens (tertiary/aromatic N) is 1. The molecule has 0 bridgehead atoms. The fourth-order valence-corrected chi connectivity index (χ4v) is 3.14. The van der Waals surface area contributed by atoms with Gasteiger partial charge in [-0.05, 0) is 31.1 Å². The lowest BCUT2D eigenvalue weighted by Gasteiger charge is -2.27. The van der Waals surface area contributed by atoms with Gasteiger partial charge >= 0.3 is 0 Å². The van der Waals surface area contributed by atoms with Crippen LogP contribution in [0, 0.1) is 22.7 Å². The molecule has 2 nitrogen and oxygen atoms in total. The Hall–Kier alpha value is -0.550. The zero-order chi connectivity index (χ0) is 10.7. The summed E-state index contributed by atoms with van der Waals surface area (Å²) in [7, 11) is 0. The van der Waals surface area contributed by atoms with Gasteiger partial charge in [0, 0.05) is 12.6 Å². The molecule has 15 heavy (non-hydrogen) atoms. The van der Waals surface area contributed by atoms with Gasteiger partial charge in [-0.15, -0.1) is 0 Å². The van der Waals surface area contributed by atoms with Crippen molar-refractivity contribution in [1.82, 2.24) is 5.32 Å². The van der Waals surface area contributed by atoms with Gasteiger partial charge in [0.25, 0.3) is 0 Å². The van der Waals surface area contributed by atoms with E-state index < -0.39 is 0 Å². The maximum atomic E-state index is 9.00. The van der Waals surface area contributed by atoms with E-state index >= 15 is 0 Å². The minimum absolute atomic E-state index is 0.273. The van der Waals surface area contributed by atoms with Crippen LogP contribution in [0.25, 0.3) is 0 Å². The molecular weight excluding hydrogens is 184 g/mol. The second-order valence-corrected chi connectivity index (χ2v) is 5.67. The average molecular weight is 206 g/mol. The Morgan fingerprint density at radius 1 is 1.27 bits per heavy atom. The molecule has 0 amide bonds. The fourth-order valence-electron chi connectivity index (χ4n) is 3.14. The van der Waals surface area contributed by atoms with Crippen LogP contribution >= 0.6 is 0 Å². The third-order valence-corrected chi connectivity index (χ3v) is 4.28. The lowest BCUT2D eigenvalue weighted by atomic mass is 9.88. The van der Waals surface area contributed by atoms with Crippen molar-refractivity contribution in [2.45, 2.75) is 57.9 Å². The number of rotatable bonds is 3. The van der Waals surface area contributed by atoms with Gasteiger partial charge in [-0.1, -0.05) is 26.2 Å². The minimum Gasteiger partial charge on any atom is -0.312 e. The van der Waals surface area contributed by atoms with Gasteiger partial charge < -0.3 is 5.32 Å². The van der Waals surface area contributed by atoms with E-state index in [1.165, 1.54) is 38.5 Å². The topological polar surface area (TPSA) is 35.8 Å². The molecule has 0 aromatic rings. The Balaban J connectivity index is 1.80. The van der Waals surface area contributed by atoms with Crippen LogP contribution in [0.4, 0.5) is 0 Å². The van der Waals surface area contributed by atoms with Crippen molar-refractivity contribution < 1.29 is 0 Å². The zero-order valence-corrected chi connectivity index (χ0v) is 9.76. The van der Waals surface area contributed by atoms with Gasteiger partial charge in [0.05, 0.1) is 12.0 Å². The highest BCUT2D eigenvalue weighted by atomic mass is 14.9. The smallest absolute Gasteiger partial charge is 0.0672 e. The molecule has 0 aromatic heterocycles. The van der Waals surface area contributed by atoms with Crippen LogP contribution in [-0.2, 0) is 0 Å². The molecule has 2 rings (SSSR count). The lowest BCUT2D eigenvalue weighted by molar-refractivity contribution is 0.288. The third kappa shape index (κ3) is 2.52. The predicted molar refractivity (Wildman–Crippen MR) is 61.3 cm³/mol. The van der Waals surface area contributed by atoms with Crippen LogP contribution in [-0.4, -0.2) is 12.6 Å². The molecule has 2 heteroatoms. The van der Waals surface area contributed by atoms with E-state index in [0.29, 0.717) is 11.5 Å². The highest BCUT2D eigenvalue weighted by Crippen LogP contribution is 2.37. The second-order valence-electron chi connectivity index (χ2n) is 5.67. The van der Waals surface area contributed by atoms with Crippen molar-refractivity contribution in [3.63, 3.8) is 0 Å². The monoisotopic (exact) mass is 206 g/mol. The highest BCUT2D eigenvalue weighted by molar-refractivity contribution is 4.97. The fraction of sp³-hybridized carbons (Fsp3) is 0.923. The van der Waals surface area contributed by atoms with Crippen molar-refractivity contribution in [3.8, 4) is 6.07 Å². The molecule has 0 saturated heterocycles. The largest absolute Gasteiger partial charge is 0.312 e. The van der Waals surface area contributed by atoms with Crippen LogP contribution in [0.15, 0.2) is 0 Å². The molecule has 2 atom stereocenters. The summed E-state index contributed by atoms with van der Waals surface area (Å²) >= 11 is 0. The van der Waals surface area contributed by atoms with Crippen LogP contribution in [0.2, 0.25) is 0 Å². The molecule has 0 aliphatic heterocycles. The van der Waals surface area contributed by atoms with Crippen LogP contribution < -0.4 is 5.32 Å². The Morgan fingerprint density at radius 2 is 2.00 bits per heavy atom. The van der Waals surface area contributed by atoms with E-state index in [1.807, 2.05) is 0 Å². The molecule has 2 saturated carbocycles. The van der Waals surface area contributed by atoms with Gasteiger partial charge in [0.2, 0.25) is 0 Å². The number of hydrogen-bond acceptors (Lipinski definition) is 2. The summed E-state index contributed by atoms with van der Waals surface area (Å²) < 4.78 is 0. The van der Waals surface area contributed by atoms with E-state index in [9.17, 15) is 0 Å². The number of nitrogens with one attached hydrogen (secondary N) is 1. The second kappa shape index (κ2) is 4.53. The summed E-state index contributed by atoms with van der Waals surface area (Å²) in [6.45, 7) is 3.51. The first-order chi connectivity index (χ1) is 7.23. The van der Waals surface area contributed by atoms with Crippen molar-refractivity contribution >= 4 is 0 Å². The summed E-state index contributed by atoms with van der Waals surface area (Å²) in [6, 6.07) is 2.92. The Labute approximate surface area is 93.0 Å². The predicted octanol–water partition coefficient (Wildman–Crippen LogP) is 2.85. The Morgan fingerprint density at radius 3 is 2.67 bits per heavy atom. The van der Waals surface area contributed by atoms with E-state index in [-0.39, 0.29) is 5.92 Å². The molecule has 2 fully saturated rings. The quantitative estimate of drug-likeness (QED) is 0.770. The van der Waals surface area contributed by atoms with Crippen LogP contribution in [0.3, 0.4) is 0 Å². The first-order valence-corrected chi connectivity index (χ1v) is 6.37. The SMILES string of the molecule is CC1(CNC2CCCC2C#N)CCCC1. The molecule has 84 valence electrons.